The number of hydrogen-bond acceptors (Lipinski definition) is 6. The quantitative estimate of drug-likeness (QED) is 0.613. The van der Waals surface area contributed by atoms with Crippen molar-refractivity contribution in [2.75, 3.05) is 5.32 Å². The lowest BCUT2D eigenvalue weighted by atomic mass is 10.2. The van der Waals surface area contributed by atoms with Crippen molar-refractivity contribution in [1.82, 2.24) is 10.1 Å². The Labute approximate surface area is 134 Å². The van der Waals surface area contributed by atoms with Crippen LogP contribution in [0.3, 0.4) is 0 Å². The van der Waals surface area contributed by atoms with E-state index in [1.54, 1.807) is 31.2 Å². The molecule has 1 N–H and O–H groups in total. The van der Waals surface area contributed by atoms with Crippen LogP contribution in [0.1, 0.15) is 16.4 Å². The Hall–Kier alpha value is -2.93. The molecule has 114 valence electrons. The fourth-order valence-electron chi connectivity index (χ4n) is 2.23. The average molecular weight is 325 g/mol. The number of benzene rings is 1. The molecule has 6 nitrogen and oxygen atoms in total. The summed E-state index contributed by atoms with van der Waals surface area (Å²) >= 11 is 1.52. The van der Waals surface area contributed by atoms with Crippen molar-refractivity contribution in [2.24, 2.45) is 0 Å². The summed E-state index contributed by atoms with van der Waals surface area (Å²) in [6.07, 6.45) is 0. The maximum Gasteiger partial charge on any atom is 0.277 e. The Balaban J connectivity index is 1.56. The zero-order valence-electron chi connectivity index (χ0n) is 12.1. The van der Waals surface area contributed by atoms with E-state index in [0.717, 1.165) is 4.88 Å². The number of anilines is 1. The predicted molar refractivity (Wildman–Crippen MR) is 86.5 cm³/mol. The number of carbonyl (C=O) groups excluding carboxylic acids is 1. The van der Waals surface area contributed by atoms with Gasteiger partial charge in [-0.2, -0.15) is 0 Å². The highest BCUT2D eigenvalue weighted by molar-refractivity contribution is 7.13. The summed E-state index contributed by atoms with van der Waals surface area (Å²) in [6.45, 7) is 1.78. The highest BCUT2D eigenvalue weighted by Crippen LogP contribution is 2.25. The lowest BCUT2D eigenvalue weighted by Gasteiger charge is -2.01. The van der Waals surface area contributed by atoms with E-state index in [1.165, 1.54) is 11.3 Å². The lowest BCUT2D eigenvalue weighted by molar-refractivity contribution is 0.101. The first kappa shape index (κ1) is 13.7. The molecular formula is C16H11N3O3S. The Morgan fingerprint density at radius 3 is 3.00 bits per heavy atom. The van der Waals surface area contributed by atoms with Gasteiger partial charge in [0.1, 0.15) is 5.52 Å². The summed E-state index contributed by atoms with van der Waals surface area (Å²) in [5.41, 5.74) is 2.22. The van der Waals surface area contributed by atoms with Crippen LogP contribution in [0.15, 0.2) is 50.7 Å². The largest absolute Gasteiger partial charge is 0.441 e. The van der Waals surface area contributed by atoms with Gasteiger partial charge >= 0.3 is 0 Å². The van der Waals surface area contributed by atoms with Gasteiger partial charge in [-0.25, -0.2) is 4.98 Å². The molecule has 3 heterocycles. The maximum absolute atomic E-state index is 12.3. The van der Waals surface area contributed by atoms with Gasteiger partial charge in [-0.15, -0.1) is 11.3 Å². The molecule has 0 bridgehead atoms. The van der Waals surface area contributed by atoms with Crippen molar-refractivity contribution in [3.8, 4) is 10.6 Å². The zero-order chi connectivity index (χ0) is 15.8. The Morgan fingerprint density at radius 2 is 2.17 bits per heavy atom. The third-order valence-corrected chi connectivity index (χ3v) is 4.14. The lowest BCUT2D eigenvalue weighted by Crippen LogP contribution is -2.11. The molecule has 23 heavy (non-hydrogen) atoms. The molecule has 3 aromatic heterocycles. The van der Waals surface area contributed by atoms with E-state index in [-0.39, 0.29) is 11.6 Å². The van der Waals surface area contributed by atoms with E-state index in [9.17, 15) is 4.79 Å². The summed E-state index contributed by atoms with van der Waals surface area (Å²) in [4.78, 5) is 17.4. The number of fused-ring (bicyclic) bond motifs is 1. The van der Waals surface area contributed by atoms with Crippen LogP contribution in [0.5, 0.6) is 0 Å². The number of rotatable bonds is 3. The van der Waals surface area contributed by atoms with Gasteiger partial charge in [-0.1, -0.05) is 11.2 Å². The summed E-state index contributed by atoms with van der Waals surface area (Å²) < 4.78 is 10.6. The van der Waals surface area contributed by atoms with Crippen LogP contribution in [0.25, 0.3) is 21.7 Å². The van der Waals surface area contributed by atoms with E-state index < -0.39 is 0 Å². The SMILES string of the molecule is Cc1nc2cc(NC(=O)c3cc(-c4cccs4)on3)ccc2o1. The first-order valence-electron chi connectivity index (χ1n) is 6.88. The molecular weight excluding hydrogens is 314 g/mol. The van der Waals surface area contributed by atoms with Gasteiger partial charge in [-0.05, 0) is 29.6 Å². The predicted octanol–water partition coefficient (Wildman–Crippen LogP) is 4.11. The van der Waals surface area contributed by atoms with Crippen LogP contribution in [-0.2, 0) is 0 Å². The van der Waals surface area contributed by atoms with Crippen LogP contribution in [-0.4, -0.2) is 16.0 Å². The number of thiophene rings is 1. The fraction of sp³-hybridized carbons (Fsp3) is 0.0625. The summed E-state index contributed by atoms with van der Waals surface area (Å²) in [6, 6.07) is 10.7. The van der Waals surface area contributed by atoms with Crippen molar-refractivity contribution < 1.29 is 13.7 Å². The van der Waals surface area contributed by atoms with Crippen LogP contribution < -0.4 is 5.32 Å². The number of aryl methyl sites for hydroxylation is 1. The molecule has 0 unspecified atom stereocenters. The molecule has 4 aromatic rings. The average Bonchev–Trinajstić information content (AvgIpc) is 3.26. The standard InChI is InChI=1S/C16H11N3O3S/c1-9-17-11-7-10(4-5-13(11)21-9)18-16(20)12-8-14(22-19-12)15-3-2-6-23-15/h2-8H,1H3,(H,18,20). The summed E-state index contributed by atoms with van der Waals surface area (Å²) in [5.74, 6) is 0.824. The second-order valence-corrected chi connectivity index (χ2v) is 5.87. The minimum atomic E-state index is -0.337. The summed E-state index contributed by atoms with van der Waals surface area (Å²) in [5, 5.41) is 8.54. The van der Waals surface area contributed by atoms with Gasteiger partial charge < -0.3 is 14.3 Å². The first-order valence-corrected chi connectivity index (χ1v) is 7.76. The molecule has 7 heteroatoms. The molecule has 0 atom stereocenters. The first-order chi connectivity index (χ1) is 11.2. The second-order valence-electron chi connectivity index (χ2n) is 4.92. The van der Waals surface area contributed by atoms with Crippen molar-refractivity contribution >= 4 is 34.0 Å². The van der Waals surface area contributed by atoms with Crippen LogP contribution in [0.2, 0.25) is 0 Å². The van der Waals surface area contributed by atoms with Crippen molar-refractivity contribution in [2.45, 2.75) is 6.92 Å². The number of oxazole rings is 1. The van der Waals surface area contributed by atoms with Gasteiger partial charge in [0, 0.05) is 18.7 Å². The van der Waals surface area contributed by atoms with Crippen LogP contribution >= 0.6 is 11.3 Å². The van der Waals surface area contributed by atoms with Gasteiger partial charge in [0.2, 0.25) is 0 Å². The summed E-state index contributed by atoms with van der Waals surface area (Å²) in [7, 11) is 0. The van der Waals surface area contributed by atoms with Crippen molar-refractivity contribution in [3.05, 3.63) is 53.4 Å². The topological polar surface area (TPSA) is 81.2 Å². The van der Waals surface area contributed by atoms with E-state index in [4.69, 9.17) is 8.94 Å². The van der Waals surface area contributed by atoms with E-state index in [2.05, 4.69) is 15.5 Å². The van der Waals surface area contributed by atoms with Crippen LogP contribution in [0, 0.1) is 6.92 Å². The minimum absolute atomic E-state index is 0.227. The smallest absolute Gasteiger partial charge is 0.277 e. The third-order valence-electron chi connectivity index (χ3n) is 3.26. The van der Waals surface area contributed by atoms with Gasteiger partial charge in [0.05, 0.1) is 4.88 Å². The Morgan fingerprint density at radius 1 is 1.26 bits per heavy atom. The van der Waals surface area contributed by atoms with Gasteiger partial charge in [0.25, 0.3) is 5.91 Å². The molecule has 0 radical (unpaired) electrons. The molecule has 4 rings (SSSR count). The molecule has 1 amide bonds. The molecule has 0 aliphatic heterocycles. The molecule has 0 aliphatic rings. The van der Waals surface area contributed by atoms with Crippen molar-refractivity contribution in [1.29, 1.82) is 0 Å². The van der Waals surface area contributed by atoms with Crippen LogP contribution in [0.4, 0.5) is 5.69 Å². The van der Waals surface area contributed by atoms with E-state index in [0.29, 0.717) is 28.4 Å². The van der Waals surface area contributed by atoms with Crippen molar-refractivity contribution in [3.63, 3.8) is 0 Å². The fourth-order valence-corrected chi connectivity index (χ4v) is 2.91. The highest BCUT2D eigenvalue weighted by Gasteiger charge is 2.15. The normalized spacial score (nSPS) is 11.0. The van der Waals surface area contributed by atoms with Gasteiger partial charge in [0.15, 0.2) is 22.9 Å². The number of aromatic nitrogens is 2. The van der Waals surface area contributed by atoms with Gasteiger partial charge in [-0.3, -0.25) is 4.79 Å². The monoisotopic (exact) mass is 325 g/mol. The maximum atomic E-state index is 12.3. The number of nitrogens with one attached hydrogen (secondary N) is 1. The minimum Gasteiger partial charge on any atom is -0.441 e. The Kier molecular flexibility index (Phi) is 3.20. The number of carbonyl (C=O) groups is 1. The number of hydrogen-bond donors (Lipinski definition) is 1. The Bertz CT molecular complexity index is 985. The molecule has 0 saturated carbocycles. The van der Waals surface area contributed by atoms with E-state index >= 15 is 0 Å². The zero-order valence-corrected chi connectivity index (χ0v) is 12.9. The number of nitrogens with zero attached hydrogens (tertiary/aromatic N) is 2. The molecule has 0 fully saturated rings. The third kappa shape index (κ3) is 2.62. The highest BCUT2D eigenvalue weighted by atomic mass is 32.1. The second kappa shape index (κ2) is 5.36. The molecule has 0 saturated heterocycles. The molecule has 0 aliphatic carbocycles. The number of amides is 1. The van der Waals surface area contributed by atoms with E-state index in [1.807, 2.05) is 17.5 Å². The molecule has 0 spiro atoms. The molecule has 1 aromatic carbocycles.